The van der Waals surface area contributed by atoms with Gasteiger partial charge < -0.3 is 4.74 Å². The number of nitrogens with zero attached hydrogens (tertiary/aromatic N) is 3. The summed E-state index contributed by atoms with van der Waals surface area (Å²) in [5.41, 5.74) is 1.61. The van der Waals surface area contributed by atoms with Crippen LogP contribution in [0.15, 0.2) is 65.7 Å². The molecular weight excluding hydrogens is 361 g/mol. The first-order valence-electron chi connectivity index (χ1n) is 8.76. The summed E-state index contributed by atoms with van der Waals surface area (Å²) in [5.74, 6) is -0.785. The van der Waals surface area contributed by atoms with Crippen molar-refractivity contribution in [3.8, 4) is 0 Å². The molecule has 28 heavy (non-hydrogen) atoms. The molecule has 4 aromatic rings. The lowest BCUT2D eigenvalue weighted by Gasteiger charge is -2.10. The Hall–Kier alpha value is -3.61. The van der Waals surface area contributed by atoms with E-state index in [4.69, 9.17) is 4.74 Å². The molecule has 6 nitrogen and oxygen atoms in total. The van der Waals surface area contributed by atoms with E-state index in [0.29, 0.717) is 27.4 Å². The van der Waals surface area contributed by atoms with Gasteiger partial charge in [0.25, 0.3) is 0 Å². The Morgan fingerprint density at radius 3 is 2.79 bits per heavy atom. The van der Waals surface area contributed by atoms with E-state index in [9.17, 15) is 14.0 Å². The van der Waals surface area contributed by atoms with Crippen LogP contribution >= 0.6 is 0 Å². The molecule has 0 saturated carbocycles. The third-order valence-corrected chi connectivity index (χ3v) is 4.48. The van der Waals surface area contributed by atoms with E-state index in [1.807, 2.05) is 6.07 Å². The van der Waals surface area contributed by atoms with Gasteiger partial charge in [0.15, 0.2) is 0 Å². The molecule has 0 aliphatic heterocycles. The minimum absolute atomic E-state index is 0.00493. The average molecular weight is 377 g/mol. The number of carbonyl (C=O) groups excluding carboxylic acids is 1. The monoisotopic (exact) mass is 377 g/mol. The molecule has 0 saturated heterocycles. The largest absolute Gasteiger partial charge is 0.461 e. The Labute approximate surface area is 159 Å². The van der Waals surface area contributed by atoms with E-state index in [2.05, 4.69) is 10.1 Å². The van der Waals surface area contributed by atoms with Gasteiger partial charge in [-0.2, -0.15) is 5.10 Å². The van der Waals surface area contributed by atoms with E-state index in [-0.39, 0.29) is 30.8 Å². The molecule has 0 spiro atoms. The van der Waals surface area contributed by atoms with Crippen molar-refractivity contribution in [2.75, 3.05) is 0 Å². The minimum Gasteiger partial charge on any atom is -0.461 e. The summed E-state index contributed by atoms with van der Waals surface area (Å²) in [6.45, 7) is 0.285. The van der Waals surface area contributed by atoms with Crippen LogP contribution in [0, 0.1) is 5.82 Å². The number of esters is 1. The molecule has 0 N–H and O–H groups in total. The molecule has 2 aromatic heterocycles. The SMILES string of the molecule is O=C(CCn1ncc(=O)c2ccccc21)OCc1ccc(F)c2cccnc12. The van der Waals surface area contributed by atoms with Crippen molar-refractivity contribution in [1.29, 1.82) is 0 Å². The Morgan fingerprint density at radius 1 is 1.07 bits per heavy atom. The highest BCUT2D eigenvalue weighted by molar-refractivity contribution is 5.82. The molecule has 0 aliphatic rings. The van der Waals surface area contributed by atoms with E-state index in [1.54, 1.807) is 47.3 Å². The number of carbonyl (C=O) groups is 1. The second-order valence-electron chi connectivity index (χ2n) is 6.27. The van der Waals surface area contributed by atoms with Crippen LogP contribution in [0.2, 0.25) is 0 Å². The fraction of sp³-hybridized carbons (Fsp3) is 0.143. The van der Waals surface area contributed by atoms with E-state index >= 15 is 0 Å². The van der Waals surface area contributed by atoms with Gasteiger partial charge in [0, 0.05) is 22.5 Å². The van der Waals surface area contributed by atoms with Gasteiger partial charge in [0.1, 0.15) is 12.4 Å². The van der Waals surface area contributed by atoms with Crippen molar-refractivity contribution >= 4 is 27.8 Å². The smallest absolute Gasteiger partial charge is 0.308 e. The second kappa shape index (κ2) is 7.56. The van der Waals surface area contributed by atoms with E-state index in [0.717, 1.165) is 0 Å². The highest BCUT2D eigenvalue weighted by Crippen LogP contribution is 2.20. The third kappa shape index (κ3) is 3.46. The summed E-state index contributed by atoms with van der Waals surface area (Å²) >= 11 is 0. The van der Waals surface area contributed by atoms with Crippen molar-refractivity contribution in [2.45, 2.75) is 19.6 Å². The summed E-state index contributed by atoms with van der Waals surface area (Å²) in [4.78, 5) is 28.2. The molecule has 0 aliphatic carbocycles. The maximum atomic E-state index is 13.8. The summed E-state index contributed by atoms with van der Waals surface area (Å²) < 4.78 is 20.8. The lowest BCUT2D eigenvalue weighted by atomic mass is 10.1. The van der Waals surface area contributed by atoms with Gasteiger partial charge in [-0.05, 0) is 30.3 Å². The van der Waals surface area contributed by atoms with Crippen molar-refractivity contribution in [3.63, 3.8) is 0 Å². The van der Waals surface area contributed by atoms with Crippen LogP contribution in [0.5, 0.6) is 0 Å². The summed E-state index contributed by atoms with van der Waals surface area (Å²) in [6.07, 6.45) is 2.90. The van der Waals surface area contributed by atoms with Crippen LogP contribution in [0.25, 0.3) is 21.8 Å². The number of aryl methyl sites for hydroxylation is 1. The van der Waals surface area contributed by atoms with Crippen LogP contribution in [0.3, 0.4) is 0 Å². The number of fused-ring (bicyclic) bond motifs is 2. The fourth-order valence-corrected chi connectivity index (χ4v) is 3.08. The highest BCUT2D eigenvalue weighted by Gasteiger charge is 2.11. The molecule has 4 rings (SSSR count). The quantitative estimate of drug-likeness (QED) is 0.499. The highest BCUT2D eigenvalue weighted by atomic mass is 19.1. The maximum Gasteiger partial charge on any atom is 0.308 e. The average Bonchev–Trinajstić information content (AvgIpc) is 2.73. The van der Waals surface area contributed by atoms with E-state index in [1.165, 1.54) is 12.3 Å². The van der Waals surface area contributed by atoms with Gasteiger partial charge in [-0.15, -0.1) is 0 Å². The molecule has 2 heterocycles. The predicted octanol–water partition coefficient (Wildman–Crippen LogP) is 3.22. The topological polar surface area (TPSA) is 74.1 Å². The zero-order chi connectivity index (χ0) is 19.5. The maximum absolute atomic E-state index is 13.8. The number of hydrogen-bond acceptors (Lipinski definition) is 5. The number of benzene rings is 2. The Bertz CT molecular complexity index is 1240. The molecule has 2 aromatic carbocycles. The first-order chi connectivity index (χ1) is 13.6. The van der Waals surface area contributed by atoms with Gasteiger partial charge in [-0.25, -0.2) is 4.39 Å². The van der Waals surface area contributed by atoms with Gasteiger partial charge in [-0.1, -0.05) is 18.2 Å². The lowest BCUT2D eigenvalue weighted by molar-refractivity contribution is -0.145. The Balaban J connectivity index is 1.45. The molecule has 0 bridgehead atoms. The summed E-state index contributed by atoms with van der Waals surface area (Å²) in [6, 6.07) is 13.3. The Kier molecular flexibility index (Phi) is 4.80. The number of rotatable bonds is 5. The minimum atomic E-state index is -0.419. The fourth-order valence-electron chi connectivity index (χ4n) is 3.08. The zero-order valence-corrected chi connectivity index (χ0v) is 14.8. The summed E-state index contributed by atoms with van der Waals surface area (Å²) in [7, 11) is 0. The molecule has 140 valence electrons. The first kappa shape index (κ1) is 17.8. The number of hydrogen-bond donors (Lipinski definition) is 0. The van der Waals surface area contributed by atoms with Gasteiger partial charge in [0.2, 0.25) is 5.43 Å². The van der Waals surface area contributed by atoms with Crippen LogP contribution in [0.1, 0.15) is 12.0 Å². The first-order valence-corrected chi connectivity index (χ1v) is 8.76. The van der Waals surface area contributed by atoms with Crippen LogP contribution in [0.4, 0.5) is 4.39 Å². The van der Waals surface area contributed by atoms with Gasteiger partial charge >= 0.3 is 5.97 Å². The predicted molar refractivity (Wildman–Crippen MR) is 102 cm³/mol. The molecule has 0 fully saturated rings. The van der Waals surface area contributed by atoms with Gasteiger partial charge in [-0.3, -0.25) is 19.3 Å². The standard InChI is InChI=1S/C21H16FN3O3/c22-17-8-7-14(21-15(17)5-3-10-23-21)13-28-20(27)9-11-25-18-6-2-1-4-16(18)19(26)12-24-25/h1-8,10,12H,9,11,13H2. The van der Waals surface area contributed by atoms with Crippen molar-refractivity contribution in [2.24, 2.45) is 0 Å². The van der Waals surface area contributed by atoms with Crippen molar-refractivity contribution < 1.29 is 13.9 Å². The van der Waals surface area contributed by atoms with Crippen LogP contribution in [-0.2, 0) is 22.7 Å². The van der Waals surface area contributed by atoms with Crippen LogP contribution in [-0.4, -0.2) is 20.7 Å². The number of ether oxygens (including phenoxy) is 1. The van der Waals surface area contributed by atoms with Gasteiger partial charge in [0.05, 0.1) is 30.2 Å². The zero-order valence-electron chi connectivity index (χ0n) is 14.8. The molecule has 0 unspecified atom stereocenters. The van der Waals surface area contributed by atoms with Crippen LogP contribution < -0.4 is 5.43 Å². The normalized spacial score (nSPS) is 11.0. The molecule has 7 heteroatoms. The number of halogens is 1. The molecule has 0 radical (unpaired) electrons. The molecule has 0 amide bonds. The summed E-state index contributed by atoms with van der Waals surface area (Å²) in [5, 5.41) is 5.03. The Morgan fingerprint density at radius 2 is 1.89 bits per heavy atom. The number of para-hydroxylation sites is 1. The number of aromatic nitrogens is 3. The number of pyridine rings is 1. The molecule has 0 atom stereocenters. The second-order valence-corrected chi connectivity index (χ2v) is 6.27. The third-order valence-electron chi connectivity index (χ3n) is 4.48. The molecular formula is C21H16FN3O3. The van der Waals surface area contributed by atoms with Crippen molar-refractivity contribution in [1.82, 2.24) is 14.8 Å². The van der Waals surface area contributed by atoms with E-state index < -0.39 is 5.97 Å². The van der Waals surface area contributed by atoms with Crippen molar-refractivity contribution in [3.05, 3.63) is 82.5 Å². The lowest BCUT2D eigenvalue weighted by Crippen LogP contribution is -2.15.